The van der Waals surface area contributed by atoms with E-state index in [4.69, 9.17) is 5.73 Å². The molecule has 0 saturated heterocycles. The molecular weight excluding hydrogens is 248 g/mol. The van der Waals surface area contributed by atoms with Crippen molar-refractivity contribution in [3.05, 3.63) is 29.3 Å². The van der Waals surface area contributed by atoms with E-state index in [9.17, 15) is 0 Å². The molecular formula is C11H12N6S. The molecule has 2 heterocycles. The van der Waals surface area contributed by atoms with Crippen LogP contribution in [0, 0.1) is 6.92 Å². The normalized spacial score (nSPS) is 10.9. The Morgan fingerprint density at radius 1 is 1.44 bits per heavy atom. The Balaban J connectivity index is 1.88. The fourth-order valence-electron chi connectivity index (χ4n) is 1.75. The quantitative estimate of drug-likeness (QED) is 0.626. The van der Waals surface area contributed by atoms with E-state index < -0.39 is 0 Å². The number of thiazole rings is 1. The van der Waals surface area contributed by atoms with Gasteiger partial charge in [0.15, 0.2) is 0 Å². The summed E-state index contributed by atoms with van der Waals surface area (Å²) in [4.78, 5) is 8.49. The van der Waals surface area contributed by atoms with Crippen molar-refractivity contribution >= 4 is 32.9 Å². The molecule has 4 N–H and O–H groups in total. The van der Waals surface area contributed by atoms with Gasteiger partial charge in [-0.2, -0.15) is 5.10 Å². The molecule has 0 saturated carbocycles. The number of H-pyrrole nitrogens is 1. The molecule has 1 aromatic carbocycles. The molecule has 18 heavy (non-hydrogen) atoms. The Labute approximate surface area is 107 Å². The minimum atomic E-state index is 0.554. The van der Waals surface area contributed by atoms with Gasteiger partial charge in [0.05, 0.1) is 33.1 Å². The minimum Gasteiger partial charge on any atom is -0.397 e. The predicted molar refractivity (Wildman–Crippen MR) is 72.5 cm³/mol. The number of nitrogens with two attached hydrogens (primary N) is 1. The number of anilines is 2. The fraction of sp³-hybridized carbons (Fsp3) is 0.182. The fourth-order valence-corrected chi connectivity index (χ4v) is 2.61. The molecule has 0 amide bonds. The molecule has 0 radical (unpaired) electrons. The van der Waals surface area contributed by atoms with Gasteiger partial charge < -0.3 is 11.1 Å². The van der Waals surface area contributed by atoms with Crippen molar-refractivity contribution in [2.24, 2.45) is 0 Å². The number of aromatic amines is 1. The number of fused-ring (bicyclic) bond motifs is 1. The second-order valence-corrected chi connectivity index (χ2v) is 5.16. The highest BCUT2D eigenvalue weighted by molar-refractivity contribution is 7.18. The molecule has 6 nitrogen and oxygen atoms in total. The van der Waals surface area contributed by atoms with Crippen molar-refractivity contribution in [3.63, 3.8) is 0 Å². The molecule has 0 spiro atoms. The number of aryl methyl sites for hydroxylation is 1. The average Bonchev–Trinajstić information content (AvgIpc) is 2.94. The van der Waals surface area contributed by atoms with Crippen LogP contribution < -0.4 is 11.1 Å². The zero-order valence-corrected chi connectivity index (χ0v) is 10.6. The highest BCUT2D eigenvalue weighted by atomic mass is 32.1. The van der Waals surface area contributed by atoms with Crippen molar-refractivity contribution in [1.29, 1.82) is 0 Å². The molecule has 0 aliphatic heterocycles. The lowest BCUT2D eigenvalue weighted by Gasteiger charge is -2.07. The first kappa shape index (κ1) is 11.0. The van der Waals surface area contributed by atoms with Crippen molar-refractivity contribution in [2.45, 2.75) is 13.5 Å². The summed E-state index contributed by atoms with van der Waals surface area (Å²) in [5.41, 5.74) is 8.55. The monoisotopic (exact) mass is 260 g/mol. The molecule has 0 atom stereocenters. The summed E-state index contributed by atoms with van der Waals surface area (Å²) >= 11 is 1.64. The molecule has 0 bridgehead atoms. The molecule has 2 aromatic heterocycles. The van der Waals surface area contributed by atoms with E-state index >= 15 is 0 Å². The van der Waals surface area contributed by atoms with E-state index in [-0.39, 0.29) is 0 Å². The third kappa shape index (κ3) is 2.00. The van der Waals surface area contributed by atoms with E-state index in [0.717, 1.165) is 26.7 Å². The maximum Gasteiger partial charge on any atom is 0.143 e. The number of benzene rings is 1. The van der Waals surface area contributed by atoms with Gasteiger partial charge in [-0.1, -0.05) is 0 Å². The van der Waals surface area contributed by atoms with Crippen LogP contribution in [0.5, 0.6) is 0 Å². The minimum absolute atomic E-state index is 0.554. The average molecular weight is 260 g/mol. The predicted octanol–water partition coefficient (Wildman–Crippen LogP) is 1.92. The number of hydrogen-bond acceptors (Lipinski definition) is 6. The Kier molecular flexibility index (Phi) is 2.60. The van der Waals surface area contributed by atoms with Crippen molar-refractivity contribution in [2.75, 3.05) is 11.1 Å². The van der Waals surface area contributed by atoms with E-state index in [0.29, 0.717) is 12.2 Å². The molecule has 0 fully saturated rings. The SMILES string of the molecule is Cc1nc2cc(NCc3ncn[nH]3)c(N)cc2s1. The Morgan fingerprint density at radius 2 is 2.33 bits per heavy atom. The van der Waals surface area contributed by atoms with E-state index in [1.807, 2.05) is 19.1 Å². The number of nitrogen functional groups attached to an aromatic ring is 1. The van der Waals surface area contributed by atoms with Gasteiger partial charge in [0.1, 0.15) is 12.2 Å². The Hall–Kier alpha value is -2.15. The summed E-state index contributed by atoms with van der Waals surface area (Å²) in [6, 6.07) is 3.91. The highest BCUT2D eigenvalue weighted by Crippen LogP contribution is 2.29. The van der Waals surface area contributed by atoms with Gasteiger partial charge in [0, 0.05) is 0 Å². The van der Waals surface area contributed by atoms with Crippen LogP contribution in [0.4, 0.5) is 11.4 Å². The summed E-state index contributed by atoms with van der Waals surface area (Å²) in [5, 5.41) is 10.8. The lowest BCUT2D eigenvalue weighted by atomic mass is 10.2. The molecule has 0 unspecified atom stereocenters. The standard InChI is InChI=1S/C11H12N6S/c1-6-16-9-3-8(7(12)2-10(9)18-6)13-4-11-14-5-15-17-11/h2-3,5,13H,4,12H2,1H3,(H,14,15,17). The van der Waals surface area contributed by atoms with Gasteiger partial charge in [-0.25, -0.2) is 9.97 Å². The van der Waals surface area contributed by atoms with Crippen LogP contribution >= 0.6 is 11.3 Å². The van der Waals surface area contributed by atoms with Crippen LogP contribution in [0.25, 0.3) is 10.2 Å². The van der Waals surface area contributed by atoms with Crippen LogP contribution in [-0.2, 0) is 6.54 Å². The first-order chi connectivity index (χ1) is 8.72. The maximum absolute atomic E-state index is 6.01. The Bertz CT molecular complexity index is 672. The maximum atomic E-state index is 6.01. The van der Waals surface area contributed by atoms with E-state index in [1.54, 1.807) is 11.3 Å². The van der Waals surface area contributed by atoms with Crippen molar-refractivity contribution in [3.8, 4) is 0 Å². The lowest BCUT2D eigenvalue weighted by molar-refractivity contribution is 0.955. The summed E-state index contributed by atoms with van der Waals surface area (Å²) < 4.78 is 1.11. The van der Waals surface area contributed by atoms with E-state index in [2.05, 4.69) is 25.5 Å². The van der Waals surface area contributed by atoms with Gasteiger partial charge in [-0.05, 0) is 19.1 Å². The van der Waals surface area contributed by atoms with Gasteiger partial charge >= 0.3 is 0 Å². The number of nitrogens with zero attached hydrogens (tertiary/aromatic N) is 3. The molecule has 3 aromatic rings. The van der Waals surface area contributed by atoms with Crippen LogP contribution in [0.3, 0.4) is 0 Å². The summed E-state index contributed by atoms with van der Waals surface area (Å²) in [5.74, 6) is 0.768. The first-order valence-electron chi connectivity index (χ1n) is 5.47. The van der Waals surface area contributed by atoms with Gasteiger partial charge in [0.25, 0.3) is 0 Å². The lowest BCUT2D eigenvalue weighted by Crippen LogP contribution is -2.03. The number of hydrogen-bond donors (Lipinski definition) is 3. The number of rotatable bonds is 3. The van der Waals surface area contributed by atoms with Gasteiger partial charge in [-0.3, -0.25) is 5.10 Å². The molecule has 92 valence electrons. The zero-order chi connectivity index (χ0) is 12.5. The number of nitrogens with one attached hydrogen (secondary N) is 2. The van der Waals surface area contributed by atoms with Gasteiger partial charge in [-0.15, -0.1) is 11.3 Å². The number of aromatic nitrogens is 4. The second-order valence-electron chi connectivity index (χ2n) is 3.93. The second kappa shape index (κ2) is 4.26. The summed E-state index contributed by atoms with van der Waals surface area (Å²) in [6.45, 7) is 2.54. The van der Waals surface area contributed by atoms with Crippen LogP contribution in [0.2, 0.25) is 0 Å². The molecule has 3 rings (SSSR count). The molecule has 0 aliphatic carbocycles. The van der Waals surface area contributed by atoms with E-state index in [1.165, 1.54) is 6.33 Å². The Morgan fingerprint density at radius 3 is 3.11 bits per heavy atom. The third-order valence-corrected chi connectivity index (χ3v) is 3.51. The highest BCUT2D eigenvalue weighted by Gasteiger charge is 2.06. The van der Waals surface area contributed by atoms with Crippen molar-refractivity contribution in [1.82, 2.24) is 20.2 Å². The first-order valence-corrected chi connectivity index (χ1v) is 6.29. The van der Waals surface area contributed by atoms with Crippen molar-refractivity contribution < 1.29 is 0 Å². The topological polar surface area (TPSA) is 92.5 Å². The van der Waals surface area contributed by atoms with Crippen LogP contribution in [-0.4, -0.2) is 20.2 Å². The smallest absolute Gasteiger partial charge is 0.143 e. The van der Waals surface area contributed by atoms with Crippen LogP contribution in [0.15, 0.2) is 18.5 Å². The summed E-state index contributed by atoms with van der Waals surface area (Å²) in [7, 11) is 0. The molecule has 0 aliphatic rings. The third-order valence-electron chi connectivity index (χ3n) is 2.58. The van der Waals surface area contributed by atoms with Gasteiger partial charge in [0.2, 0.25) is 0 Å². The zero-order valence-electron chi connectivity index (χ0n) is 9.77. The largest absolute Gasteiger partial charge is 0.397 e. The van der Waals surface area contributed by atoms with Crippen LogP contribution in [0.1, 0.15) is 10.8 Å². The summed E-state index contributed by atoms with van der Waals surface area (Å²) in [6.07, 6.45) is 1.48. The molecule has 7 heteroatoms.